The molecule has 0 aliphatic carbocycles. The summed E-state index contributed by atoms with van der Waals surface area (Å²) >= 11 is 6.55. The zero-order valence-electron chi connectivity index (χ0n) is 20.7. The summed E-state index contributed by atoms with van der Waals surface area (Å²) in [6.45, 7) is 0. The quantitative estimate of drug-likeness (QED) is 0.224. The van der Waals surface area contributed by atoms with Gasteiger partial charge in [0.2, 0.25) is 0 Å². The first-order valence-electron chi connectivity index (χ1n) is 12.8. The van der Waals surface area contributed by atoms with Crippen LogP contribution in [0.2, 0.25) is 5.02 Å². The van der Waals surface area contributed by atoms with Crippen LogP contribution < -0.4 is 0 Å². The van der Waals surface area contributed by atoms with E-state index in [-0.39, 0.29) is 0 Å². The van der Waals surface area contributed by atoms with Crippen molar-refractivity contribution in [2.24, 2.45) is 0 Å². The lowest BCUT2D eigenvalue weighted by molar-refractivity contribution is 1.18. The number of nitrogens with zero attached hydrogens (tertiary/aromatic N) is 1. The Balaban J connectivity index is 1.40. The van der Waals surface area contributed by atoms with Crippen molar-refractivity contribution in [1.82, 2.24) is 4.57 Å². The average Bonchev–Trinajstić information content (AvgIpc) is 3.32. The van der Waals surface area contributed by atoms with E-state index in [1.54, 1.807) is 0 Å². The minimum atomic E-state index is 0.729. The van der Waals surface area contributed by atoms with E-state index in [0.29, 0.717) is 0 Å². The maximum atomic E-state index is 6.55. The molecule has 2 heteroatoms. The second-order valence-electron chi connectivity index (χ2n) is 9.56. The van der Waals surface area contributed by atoms with Gasteiger partial charge in [0.25, 0.3) is 0 Å². The molecule has 38 heavy (non-hydrogen) atoms. The van der Waals surface area contributed by atoms with Crippen LogP contribution in [0.3, 0.4) is 0 Å². The first-order chi connectivity index (χ1) is 18.8. The third kappa shape index (κ3) is 3.89. The fourth-order valence-electron chi connectivity index (χ4n) is 5.52. The van der Waals surface area contributed by atoms with Crippen molar-refractivity contribution < 1.29 is 0 Å². The molecule has 0 bridgehead atoms. The number of fused-ring (bicyclic) bond motifs is 3. The van der Waals surface area contributed by atoms with E-state index in [1.807, 2.05) is 12.1 Å². The lowest BCUT2D eigenvalue weighted by Gasteiger charge is -2.15. The summed E-state index contributed by atoms with van der Waals surface area (Å²) in [7, 11) is 0. The molecule has 1 heterocycles. The maximum absolute atomic E-state index is 6.55. The molecule has 0 spiro atoms. The van der Waals surface area contributed by atoms with Gasteiger partial charge >= 0.3 is 0 Å². The van der Waals surface area contributed by atoms with E-state index < -0.39 is 0 Å². The summed E-state index contributed by atoms with van der Waals surface area (Å²) in [5, 5.41) is 3.25. The van der Waals surface area contributed by atoms with E-state index >= 15 is 0 Å². The molecular formula is C36H24ClN. The van der Waals surface area contributed by atoms with Crippen LogP contribution in [0.1, 0.15) is 0 Å². The number of benzene rings is 6. The molecule has 6 aromatic carbocycles. The SMILES string of the molecule is Clc1ccc(-c2cccc(-n3c4ccccc4c4ccccc43)c2)c(-c2cccc(-c3ccccc3)c2)c1. The summed E-state index contributed by atoms with van der Waals surface area (Å²) in [6, 6.07) is 51.4. The smallest absolute Gasteiger partial charge is 0.0541 e. The van der Waals surface area contributed by atoms with Gasteiger partial charge in [0.1, 0.15) is 0 Å². The first kappa shape index (κ1) is 22.6. The molecule has 180 valence electrons. The highest BCUT2D eigenvalue weighted by Crippen LogP contribution is 2.38. The lowest BCUT2D eigenvalue weighted by Crippen LogP contribution is -1.94. The normalized spacial score (nSPS) is 11.3. The van der Waals surface area contributed by atoms with Gasteiger partial charge in [-0.05, 0) is 75.8 Å². The largest absolute Gasteiger partial charge is 0.309 e. The van der Waals surface area contributed by atoms with Gasteiger partial charge in [-0.1, -0.05) is 115 Å². The molecule has 1 nitrogen and oxygen atoms in total. The third-order valence-electron chi connectivity index (χ3n) is 7.26. The molecule has 0 aliphatic rings. The Labute approximate surface area is 227 Å². The number of rotatable bonds is 4. The molecule has 0 amide bonds. The van der Waals surface area contributed by atoms with Gasteiger partial charge < -0.3 is 4.57 Å². The van der Waals surface area contributed by atoms with Crippen molar-refractivity contribution in [3.63, 3.8) is 0 Å². The second-order valence-corrected chi connectivity index (χ2v) is 9.99. The minimum absolute atomic E-state index is 0.729. The Bertz CT molecular complexity index is 1880. The van der Waals surface area contributed by atoms with E-state index in [4.69, 9.17) is 11.6 Å². The highest BCUT2D eigenvalue weighted by atomic mass is 35.5. The summed E-state index contributed by atoms with van der Waals surface area (Å²) in [6.07, 6.45) is 0. The number of para-hydroxylation sites is 2. The van der Waals surface area contributed by atoms with Crippen LogP contribution in [-0.4, -0.2) is 4.57 Å². The van der Waals surface area contributed by atoms with Gasteiger partial charge in [0, 0.05) is 21.5 Å². The van der Waals surface area contributed by atoms with Gasteiger partial charge in [-0.2, -0.15) is 0 Å². The molecule has 0 saturated heterocycles. The Kier molecular flexibility index (Phi) is 5.57. The minimum Gasteiger partial charge on any atom is -0.309 e. The van der Waals surface area contributed by atoms with Crippen LogP contribution in [0, 0.1) is 0 Å². The molecular weight excluding hydrogens is 482 g/mol. The molecule has 0 fully saturated rings. The predicted molar refractivity (Wildman–Crippen MR) is 162 cm³/mol. The molecule has 7 rings (SSSR count). The Morgan fingerprint density at radius 2 is 0.974 bits per heavy atom. The summed E-state index contributed by atoms with van der Waals surface area (Å²) in [5.41, 5.74) is 10.5. The summed E-state index contributed by atoms with van der Waals surface area (Å²) in [4.78, 5) is 0. The topological polar surface area (TPSA) is 4.93 Å². The highest BCUT2D eigenvalue weighted by molar-refractivity contribution is 6.31. The average molecular weight is 506 g/mol. The van der Waals surface area contributed by atoms with E-state index in [1.165, 1.54) is 32.9 Å². The summed E-state index contributed by atoms with van der Waals surface area (Å²) < 4.78 is 2.36. The van der Waals surface area contributed by atoms with Crippen molar-refractivity contribution in [3.8, 4) is 39.1 Å². The number of hydrogen-bond donors (Lipinski definition) is 0. The van der Waals surface area contributed by atoms with Gasteiger partial charge in [-0.15, -0.1) is 0 Å². The number of hydrogen-bond acceptors (Lipinski definition) is 0. The Hall–Kier alpha value is -4.59. The van der Waals surface area contributed by atoms with Crippen LogP contribution in [-0.2, 0) is 0 Å². The van der Waals surface area contributed by atoms with Crippen LogP contribution in [0.4, 0.5) is 0 Å². The highest BCUT2D eigenvalue weighted by Gasteiger charge is 2.14. The molecule has 0 aliphatic heterocycles. The monoisotopic (exact) mass is 505 g/mol. The molecule has 1 aromatic heterocycles. The van der Waals surface area contributed by atoms with Crippen LogP contribution in [0.15, 0.2) is 146 Å². The van der Waals surface area contributed by atoms with Gasteiger partial charge in [-0.25, -0.2) is 0 Å². The van der Waals surface area contributed by atoms with Crippen LogP contribution >= 0.6 is 11.6 Å². The molecule has 0 unspecified atom stereocenters. The zero-order valence-corrected chi connectivity index (χ0v) is 21.4. The fourth-order valence-corrected chi connectivity index (χ4v) is 5.69. The third-order valence-corrected chi connectivity index (χ3v) is 7.49. The lowest BCUT2D eigenvalue weighted by atomic mass is 9.92. The van der Waals surface area contributed by atoms with Crippen molar-refractivity contribution in [1.29, 1.82) is 0 Å². The van der Waals surface area contributed by atoms with Crippen molar-refractivity contribution in [3.05, 3.63) is 151 Å². The molecule has 0 N–H and O–H groups in total. The van der Waals surface area contributed by atoms with Crippen LogP contribution in [0.5, 0.6) is 0 Å². The van der Waals surface area contributed by atoms with Crippen molar-refractivity contribution >= 4 is 33.4 Å². The van der Waals surface area contributed by atoms with E-state index in [9.17, 15) is 0 Å². The number of aromatic nitrogens is 1. The standard InChI is InChI=1S/C36H24ClN/c37-29-20-21-31(34(24-29)27-13-8-12-26(22-27)25-10-2-1-3-11-25)28-14-9-15-30(23-28)38-35-18-6-4-16-32(35)33-17-5-7-19-36(33)38/h1-24H. The first-order valence-corrected chi connectivity index (χ1v) is 13.2. The maximum Gasteiger partial charge on any atom is 0.0541 e. The van der Waals surface area contributed by atoms with Crippen LogP contribution in [0.25, 0.3) is 60.9 Å². The van der Waals surface area contributed by atoms with Crippen molar-refractivity contribution in [2.45, 2.75) is 0 Å². The van der Waals surface area contributed by atoms with E-state index in [2.05, 4.69) is 138 Å². The fraction of sp³-hybridized carbons (Fsp3) is 0. The van der Waals surface area contributed by atoms with E-state index in [0.717, 1.165) is 33.0 Å². The van der Waals surface area contributed by atoms with Gasteiger partial charge in [0.15, 0.2) is 0 Å². The molecule has 7 aromatic rings. The number of halogens is 1. The van der Waals surface area contributed by atoms with Crippen molar-refractivity contribution in [2.75, 3.05) is 0 Å². The second kappa shape index (κ2) is 9.37. The predicted octanol–water partition coefficient (Wildman–Crippen LogP) is 10.4. The molecule has 0 radical (unpaired) electrons. The molecule has 0 saturated carbocycles. The summed E-state index contributed by atoms with van der Waals surface area (Å²) in [5.74, 6) is 0. The van der Waals surface area contributed by atoms with Gasteiger partial charge in [0.05, 0.1) is 11.0 Å². The Morgan fingerprint density at radius 1 is 0.395 bits per heavy atom. The zero-order chi connectivity index (χ0) is 25.5. The Morgan fingerprint density at radius 3 is 1.71 bits per heavy atom. The molecule has 0 atom stereocenters. The van der Waals surface area contributed by atoms with Gasteiger partial charge in [-0.3, -0.25) is 0 Å².